The first-order valence-corrected chi connectivity index (χ1v) is 8.31. The van der Waals surface area contributed by atoms with Gasteiger partial charge in [-0.1, -0.05) is 24.6 Å². The van der Waals surface area contributed by atoms with Crippen molar-refractivity contribution < 1.29 is 18.3 Å². The number of aliphatic hydroxyl groups excluding tert-OH is 1. The van der Waals surface area contributed by atoms with Crippen molar-refractivity contribution in [2.75, 3.05) is 18.6 Å². The quantitative estimate of drug-likeness (QED) is 0.841. The Morgan fingerprint density at radius 3 is 2.63 bits per heavy atom. The third kappa shape index (κ3) is 5.01. The predicted octanol–water partition coefficient (Wildman–Crippen LogP) is 2.60. The fourth-order valence-electron chi connectivity index (χ4n) is 1.70. The van der Waals surface area contributed by atoms with Crippen molar-refractivity contribution in [1.82, 2.24) is 0 Å². The fourth-order valence-corrected chi connectivity index (χ4v) is 2.86. The van der Waals surface area contributed by atoms with Gasteiger partial charge in [0, 0.05) is 5.75 Å². The van der Waals surface area contributed by atoms with E-state index >= 15 is 0 Å². The van der Waals surface area contributed by atoms with Crippen LogP contribution in [-0.4, -0.2) is 32.1 Å². The van der Waals surface area contributed by atoms with Crippen molar-refractivity contribution in [1.29, 1.82) is 0 Å². The van der Waals surface area contributed by atoms with Crippen molar-refractivity contribution in [3.63, 3.8) is 0 Å². The van der Waals surface area contributed by atoms with Crippen LogP contribution in [0.1, 0.15) is 31.4 Å². The van der Waals surface area contributed by atoms with E-state index in [1.54, 1.807) is 25.1 Å². The molecule has 0 aliphatic carbocycles. The van der Waals surface area contributed by atoms with Crippen LogP contribution in [0.5, 0.6) is 5.75 Å². The molecule has 0 fully saturated rings. The van der Waals surface area contributed by atoms with E-state index < -0.39 is 15.9 Å². The molecule has 4 nitrogen and oxygen atoms in total. The summed E-state index contributed by atoms with van der Waals surface area (Å²) in [5.74, 6) is 0.785. The van der Waals surface area contributed by atoms with Gasteiger partial charge >= 0.3 is 0 Å². The molecule has 0 spiro atoms. The molecule has 1 aromatic carbocycles. The molecule has 0 aliphatic rings. The summed E-state index contributed by atoms with van der Waals surface area (Å²) >= 11 is 5.97. The summed E-state index contributed by atoms with van der Waals surface area (Å²) in [5, 5.41) is 10.4. The van der Waals surface area contributed by atoms with Crippen LogP contribution in [0.4, 0.5) is 0 Å². The standard InChI is InChI=1S/C13H19ClO4S/c1-3-19(16,17)8-4-5-12(15)10-6-7-13(18-2)11(14)9-10/h6-7,9,12,15H,3-5,8H2,1-2H3. The van der Waals surface area contributed by atoms with Gasteiger partial charge in [0.05, 0.1) is 24.0 Å². The summed E-state index contributed by atoms with van der Waals surface area (Å²) in [7, 11) is -1.45. The van der Waals surface area contributed by atoms with Crippen LogP contribution in [-0.2, 0) is 9.84 Å². The van der Waals surface area contributed by atoms with E-state index in [2.05, 4.69) is 0 Å². The minimum absolute atomic E-state index is 0.102. The normalized spacial score (nSPS) is 13.3. The number of aliphatic hydroxyl groups is 1. The molecule has 6 heteroatoms. The van der Waals surface area contributed by atoms with Crippen molar-refractivity contribution >= 4 is 21.4 Å². The molecule has 1 rings (SSSR count). The zero-order chi connectivity index (χ0) is 14.5. The Morgan fingerprint density at radius 2 is 2.11 bits per heavy atom. The Bertz CT molecular complexity index is 513. The third-order valence-electron chi connectivity index (χ3n) is 2.93. The maximum atomic E-state index is 11.3. The lowest BCUT2D eigenvalue weighted by molar-refractivity contribution is 0.166. The van der Waals surface area contributed by atoms with Gasteiger partial charge < -0.3 is 9.84 Å². The largest absolute Gasteiger partial charge is 0.495 e. The second-order valence-electron chi connectivity index (χ2n) is 4.29. The topological polar surface area (TPSA) is 63.6 Å². The molecule has 1 N–H and O–H groups in total. The average molecular weight is 307 g/mol. The van der Waals surface area contributed by atoms with Crippen LogP contribution in [0.3, 0.4) is 0 Å². The van der Waals surface area contributed by atoms with Gasteiger partial charge in [0.25, 0.3) is 0 Å². The highest BCUT2D eigenvalue weighted by Gasteiger charge is 2.13. The first-order chi connectivity index (χ1) is 8.89. The molecule has 0 amide bonds. The van der Waals surface area contributed by atoms with E-state index in [9.17, 15) is 13.5 Å². The zero-order valence-electron chi connectivity index (χ0n) is 11.1. The Hall–Kier alpha value is -0.780. The Morgan fingerprint density at radius 1 is 1.42 bits per heavy atom. The maximum Gasteiger partial charge on any atom is 0.150 e. The molecular weight excluding hydrogens is 288 g/mol. The molecule has 0 bridgehead atoms. The van der Waals surface area contributed by atoms with Gasteiger partial charge in [0.2, 0.25) is 0 Å². The number of ether oxygens (including phenoxy) is 1. The highest BCUT2D eigenvalue weighted by Crippen LogP contribution is 2.29. The molecule has 19 heavy (non-hydrogen) atoms. The summed E-state index contributed by atoms with van der Waals surface area (Å²) in [6, 6.07) is 5.05. The van der Waals surface area contributed by atoms with E-state index in [0.29, 0.717) is 29.2 Å². The number of methoxy groups -OCH3 is 1. The monoisotopic (exact) mass is 306 g/mol. The summed E-state index contributed by atoms with van der Waals surface area (Å²) < 4.78 is 27.7. The van der Waals surface area contributed by atoms with E-state index in [4.69, 9.17) is 16.3 Å². The molecule has 0 aliphatic heterocycles. The molecule has 108 valence electrons. The molecule has 0 saturated carbocycles. The molecule has 0 aromatic heterocycles. The molecule has 1 atom stereocenters. The zero-order valence-corrected chi connectivity index (χ0v) is 12.7. The second-order valence-corrected chi connectivity index (χ2v) is 7.17. The SMILES string of the molecule is CCS(=O)(=O)CCCC(O)c1ccc(OC)c(Cl)c1. The van der Waals surface area contributed by atoms with Gasteiger partial charge in [-0.3, -0.25) is 0 Å². The van der Waals surface area contributed by atoms with Crippen LogP contribution in [0.2, 0.25) is 5.02 Å². The number of benzene rings is 1. The minimum Gasteiger partial charge on any atom is -0.495 e. The van der Waals surface area contributed by atoms with Crippen molar-refractivity contribution in [2.45, 2.75) is 25.9 Å². The van der Waals surface area contributed by atoms with Gasteiger partial charge in [-0.05, 0) is 30.5 Å². The van der Waals surface area contributed by atoms with Crippen LogP contribution >= 0.6 is 11.6 Å². The summed E-state index contributed by atoms with van der Waals surface area (Å²) in [4.78, 5) is 0. The van der Waals surface area contributed by atoms with E-state index in [0.717, 1.165) is 0 Å². The number of hydrogen-bond donors (Lipinski definition) is 1. The van der Waals surface area contributed by atoms with Crippen molar-refractivity contribution in [3.8, 4) is 5.75 Å². The van der Waals surface area contributed by atoms with Crippen LogP contribution < -0.4 is 4.74 Å². The van der Waals surface area contributed by atoms with Crippen molar-refractivity contribution in [3.05, 3.63) is 28.8 Å². The average Bonchev–Trinajstić information content (AvgIpc) is 2.38. The van der Waals surface area contributed by atoms with Gasteiger partial charge in [-0.2, -0.15) is 0 Å². The summed E-state index contributed by atoms with van der Waals surface area (Å²) in [6.45, 7) is 1.62. The number of rotatable bonds is 7. The lowest BCUT2D eigenvalue weighted by Gasteiger charge is -2.12. The first kappa shape index (κ1) is 16.3. The highest BCUT2D eigenvalue weighted by atomic mass is 35.5. The van der Waals surface area contributed by atoms with Gasteiger partial charge in [0.15, 0.2) is 0 Å². The number of sulfone groups is 1. The molecule has 1 unspecified atom stereocenters. The Kier molecular flexibility index (Phi) is 6.10. The van der Waals surface area contributed by atoms with Crippen molar-refractivity contribution in [2.24, 2.45) is 0 Å². The summed E-state index contributed by atoms with van der Waals surface area (Å²) in [5.41, 5.74) is 0.666. The molecule has 0 saturated heterocycles. The third-order valence-corrected chi connectivity index (χ3v) is 5.02. The van der Waals surface area contributed by atoms with Crippen LogP contribution in [0.15, 0.2) is 18.2 Å². The molecular formula is C13H19ClO4S. The van der Waals surface area contributed by atoms with Crippen LogP contribution in [0, 0.1) is 0 Å². The van der Waals surface area contributed by atoms with Gasteiger partial charge in [-0.25, -0.2) is 8.42 Å². The first-order valence-electron chi connectivity index (χ1n) is 6.11. The summed E-state index contributed by atoms with van der Waals surface area (Å²) in [6.07, 6.45) is 0.110. The number of halogens is 1. The van der Waals surface area contributed by atoms with E-state index in [-0.39, 0.29) is 11.5 Å². The van der Waals surface area contributed by atoms with E-state index in [1.165, 1.54) is 7.11 Å². The fraction of sp³-hybridized carbons (Fsp3) is 0.538. The Balaban J connectivity index is 2.59. The second kappa shape index (κ2) is 7.12. The molecule has 1 aromatic rings. The molecule has 0 radical (unpaired) electrons. The Labute approximate surface area is 119 Å². The lowest BCUT2D eigenvalue weighted by Crippen LogP contribution is -2.10. The minimum atomic E-state index is -2.97. The number of hydrogen-bond acceptors (Lipinski definition) is 4. The maximum absolute atomic E-state index is 11.3. The van der Waals surface area contributed by atoms with Crippen LogP contribution in [0.25, 0.3) is 0 Å². The lowest BCUT2D eigenvalue weighted by atomic mass is 10.1. The predicted molar refractivity (Wildman–Crippen MR) is 76.5 cm³/mol. The van der Waals surface area contributed by atoms with Gasteiger partial charge in [-0.15, -0.1) is 0 Å². The van der Waals surface area contributed by atoms with Gasteiger partial charge in [0.1, 0.15) is 15.6 Å². The highest BCUT2D eigenvalue weighted by molar-refractivity contribution is 7.91. The molecule has 0 heterocycles. The van der Waals surface area contributed by atoms with E-state index in [1.807, 2.05) is 0 Å². The smallest absolute Gasteiger partial charge is 0.150 e.